The molecule has 94 valence electrons. The Morgan fingerprint density at radius 3 is 2.62 bits per heavy atom. The lowest BCUT2D eigenvalue weighted by Gasteiger charge is -2.30. The van der Waals surface area contributed by atoms with E-state index in [4.69, 9.17) is 0 Å². The quantitative estimate of drug-likeness (QED) is 0.819. The molecule has 2 aliphatic rings. The maximum atomic E-state index is 12.3. The van der Waals surface area contributed by atoms with Crippen molar-refractivity contribution in [3.63, 3.8) is 0 Å². The topological polar surface area (TPSA) is 32.3 Å². The minimum absolute atomic E-state index is 0. The zero-order chi connectivity index (χ0) is 10.9. The molecule has 1 heterocycles. The molecule has 0 aromatic carbocycles. The number of rotatable bonds is 4. The number of carbonyl (C=O) groups is 1. The van der Waals surface area contributed by atoms with E-state index < -0.39 is 0 Å². The van der Waals surface area contributed by atoms with E-state index >= 15 is 0 Å². The molecule has 16 heavy (non-hydrogen) atoms. The first-order chi connectivity index (χ1) is 7.15. The molecule has 3 nitrogen and oxygen atoms in total. The van der Waals surface area contributed by atoms with Gasteiger partial charge in [-0.15, -0.1) is 12.4 Å². The maximum Gasteiger partial charge on any atom is 0.229 e. The minimum atomic E-state index is -0.134. The molecule has 1 saturated heterocycles. The van der Waals surface area contributed by atoms with Gasteiger partial charge in [0, 0.05) is 19.6 Å². The van der Waals surface area contributed by atoms with E-state index in [1.807, 2.05) is 0 Å². The summed E-state index contributed by atoms with van der Waals surface area (Å²) in [6.07, 6.45) is 3.63. The van der Waals surface area contributed by atoms with Crippen molar-refractivity contribution in [2.24, 2.45) is 11.3 Å². The van der Waals surface area contributed by atoms with Gasteiger partial charge in [0.15, 0.2) is 0 Å². The molecule has 0 aromatic rings. The van der Waals surface area contributed by atoms with E-state index in [1.165, 1.54) is 12.8 Å². The number of nitrogens with one attached hydrogen (secondary N) is 1. The van der Waals surface area contributed by atoms with Gasteiger partial charge in [0.2, 0.25) is 5.91 Å². The zero-order valence-corrected chi connectivity index (χ0v) is 11.1. The van der Waals surface area contributed by atoms with Gasteiger partial charge >= 0.3 is 0 Å². The fraction of sp³-hybridized carbons (Fsp3) is 0.917. The fourth-order valence-corrected chi connectivity index (χ4v) is 2.35. The molecule has 1 N–H and O–H groups in total. The third-order valence-corrected chi connectivity index (χ3v) is 3.73. The van der Waals surface area contributed by atoms with Gasteiger partial charge in [0.1, 0.15) is 0 Å². The van der Waals surface area contributed by atoms with Gasteiger partial charge in [0.05, 0.1) is 5.41 Å². The zero-order valence-electron chi connectivity index (χ0n) is 10.3. The third kappa shape index (κ3) is 2.89. The van der Waals surface area contributed by atoms with Crippen LogP contribution in [0.25, 0.3) is 0 Å². The Bertz CT molecular complexity index is 247. The summed E-state index contributed by atoms with van der Waals surface area (Å²) in [6, 6.07) is 0. The fourth-order valence-electron chi connectivity index (χ4n) is 2.35. The van der Waals surface area contributed by atoms with Gasteiger partial charge < -0.3 is 10.2 Å². The van der Waals surface area contributed by atoms with Crippen molar-refractivity contribution < 1.29 is 4.79 Å². The normalized spacial score (nSPS) is 28.6. The lowest BCUT2D eigenvalue weighted by Crippen LogP contribution is -2.44. The van der Waals surface area contributed by atoms with Crippen LogP contribution in [-0.2, 0) is 4.79 Å². The van der Waals surface area contributed by atoms with Crippen LogP contribution in [0.15, 0.2) is 0 Å². The number of hydrogen-bond donors (Lipinski definition) is 1. The van der Waals surface area contributed by atoms with Gasteiger partial charge in [-0.1, -0.05) is 0 Å². The molecule has 1 amide bonds. The number of halogens is 1. The average Bonchev–Trinajstić information content (AvgIpc) is 2.95. The van der Waals surface area contributed by atoms with E-state index in [0.29, 0.717) is 5.91 Å². The van der Waals surface area contributed by atoms with Gasteiger partial charge in [-0.25, -0.2) is 0 Å². The van der Waals surface area contributed by atoms with Crippen LogP contribution in [-0.4, -0.2) is 37.0 Å². The van der Waals surface area contributed by atoms with Crippen molar-refractivity contribution in [3.05, 3.63) is 0 Å². The smallest absolute Gasteiger partial charge is 0.229 e. The van der Waals surface area contributed by atoms with Crippen LogP contribution < -0.4 is 5.32 Å². The molecular formula is C12H23ClN2O. The lowest BCUT2D eigenvalue weighted by molar-refractivity contribution is -0.140. The number of amides is 1. The number of nitrogens with zero attached hydrogens (tertiary/aromatic N) is 1. The number of carbonyl (C=O) groups excluding carboxylic acids is 1. The summed E-state index contributed by atoms with van der Waals surface area (Å²) in [6.45, 7) is 7.89. The van der Waals surface area contributed by atoms with Crippen LogP contribution in [0.2, 0.25) is 0 Å². The highest BCUT2D eigenvalue weighted by Crippen LogP contribution is 2.32. The Morgan fingerprint density at radius 1 is 1.50 bits per heavy atom. The van der Waals surface area contributed by atoms with Crippen molar-refractivity contribution >= 4 is 18.3 Å². The Hall–Kier alpha value is -0.280. The molecule has 1 aliphatic heterocycles. The van der Waals surface area contributed by atoms with E-state index in [0.717, 1.165) is 38.5 Å². The number of hydrogen-bond acceptors (Lipinski definition) is 2. The second-order valence-electron chi connectivity index (χ2n) is 5.27. The average molecular weight is 247 g/mol. The Balaban J connectivity index is 0.00000128. The summed E-state index contributed by atoms with van der Waals surface area (Å²) in [7, 11) is 0. The van der Waals surface area contributed by atoms with E-state index in [1.54, 1.807) is 0 Å². The van der Waals surface area contributed by atoms with E-state index in [9.17, 15) is 4.79 Å². The SMILES string of the molecule is CCN(CC1CC1)C(=O)C1(C)CCNC1.Cl. The first kappa shape index (κ1) is 13.8. The molecule has 0 bridgehead atoms. The largest absolute Gasteiger partial charge is 0.342 e. The van der Waals surface area contributed by atoms with Crippen LogP contribution in [0.1, 0.15) is 33.1 Å². The van der Waals surface area contributed by atoms with Crippen LogP contribution in [0.4, 0.5) is 0 Å². The van der Waals surface area contributed by atoms with Gasteiger partial charge in [-0.2, -0.15) is 0 Å². The van der Waals surface area contributed by atoms with E-state index in [-0.39, 0.29) is 17.8 Å². The van der Waals surface area contributed by atoms with Crippen LogP contribution >= 0.6 is 12.4 Å². The summed E-state index contributed by atoms with van der Waals surface area (Å²) in [5.41, 5.74) is -0.134. The summed E-state index contributed by atoms with van der Waals surface area (Å²) < 4.78 is 0. The molecule has 0 radical (unpaired) electrons. The second kappa shape index (κ2) is 5.37. The van der Waals surface area contributed by atoms with Gasteiger partial charge in [-0.3, -0.25) is 4.79 Å². The van der Waals surface area contributed by atoms with Crippen LogP contribution in [0, 0.1) is 11.3 Å². The molecule has 1 saturated carbocycles. The first-order valence-electron chi connectivity index (χ1n) is 6.16. The second-order valence-corrected chi connectivity index (χ2v) is 5.27. The van der Waals surface area contributed by atoms with E-state index in [2.05, 4.69) is 24.1 Å². The molecule has 2 rings (SSSR count). The highest BCUT2D eigenvalue weighted by Gasteiger charge is 2.39. The Kier molecular flexibility index (Phi) is 4.62. The maximum absolute atomic E-state index is 12.3. The van der Waals surface area contributed by atoms with Crippen LogP contribution in [0.5, 0.6) is 0 Å². The first-order valence-corrected chi connectivity index (χ1v) is 6.16. The summed E-state index contributed by atoms with van der Waals surface area (Å²) in [5.74, 6) is 1.16. The standard InChI is InChI=1S/C12H22N2O.ClH/c1-3-14(8-10-4-5-10)11(15)12(2)6-7-13-9-12;/h10,13H,3-9H2,1-2H3;1H. The lowest BCUT2D eigenvalue weighted by atomic mass is 9.88. The Labute approximate surface area is 104 Å². The molecule has 4 heteroatoms. The molecule has 1 atom stereocenters. The monoisotopic (exact) mass is 246 g/mol. The Morgan fingerprint density at radius 2 is 2.19 bits per heavy atom. The van der Waals surface area contributed by atoms with Crippen molar-refractivity contribution in [2.45, 2.75) is 33.1 Å². The molecule has 2 fully saturated rings. The van der Waals surface area contributed by atoms with Gasteiger partial charge in [0.25, 0.3) is 0 Å². The van der Waals surface area contributed by atoms with Crippen molar-refractivity contribution in [1.29, 1.82) is 0 Å². The summed E-state index contributed by atoms with van der Waals surface area (Å²) in [4.78, 5) is 14.4. The minimum Gasteiger partial charge on any atom is -0.342 e. The molecular weight excluding hydrogens is 224 g/mol. The van der Waals surface area contributed by atoms with Crippen molar-refractivity contribution in [3.8, 4) is 0 Å². The molecule has 1 unspecified atom stereocenters. The molecule has 0 aromatic heterocycles. The predicted molar refractivity (Wildman–Crippen MR) is 67.8 cm³/mol. The summed E-state index contributed by atoms with van der Waals surface area (Å²) in [5, 5.41) is 3.29. The highest BCUT2D eigenvalue weighted by molar-refractivity contribution is 5.85. The van der Waals surface area contributed by atoms with Crippen molar-refractivity contribution in [1.82, 2.24) is 10.2 Å². The van der Waals surface area contributed by atoms with Crippen molar-refractivity contribution in [2.75, 3.05) is 26.2 Å². The third-order valence-electron chi connectivity index (χ3n) is 3.73. The molecule has 0 spiro atoms. The predicted octanol–water partition coefficient (Wildman–Crippen LogP) is 1.67. The van der Waals surface area contributed by atoms with Crippen LogP contribution in [0.3, 0.4) is 0 Å². The summed E-state index contributed by atoms with van der Waals surface area (Å²) >= 11 is 0. The molecule has 1 aliphatic carbocycles. The highest BCUT2D eigenvalue weighted by atomic mass is 35.5. The van der Waals surface area contributed by atoms with Gasteiger partial charge in [-0.05, 0) is 45.6 Å².